The molecule has 0 saturated heterocycles. The van der Waals surface area contributed by atoms with Gasteiger partial charge in [0.05, 0.1) is 17.5 Å². The first-order valence-corrected chi connectivity index (χ1v) is 5.67. The molecule has 1 aromatic heterocycles. The van der Waals surface area contributed by atoms with Crippen molar-refractivity contribution in [3.05, 3.63) is 53.9 Å². The lowest BCUT2D eigenvalue weighted by molar-refractivity contribution is 0.0697. The number of aromatic carboxylic acids is 1. The van der Waals surface area contributed by atoms with Crippen LogP contribution in [0.3, 0.4) is 0 Å². The molecule has 4 N–H and O–H groups in total. The van der Waals surface area contributed by atoms with Crippen LogP contribution in [0.4, 0.5) is 4.79 Å². The van der Waals surface area contributed by atoms with Crippen LogP contribution in [0.15, 0.2) is 47.7 Å². The SMILES string of the molecule is NC(=O)NN=Cc1cccn1-c1ccc(C(=O)O)cc1. The van der Waals surface area contributed by atoms with Crippen LogP contribution in [-0.2, 0) is 0 Å². The maximum absolute atomic E-state index is 10.8. The topological polar surface area (TPSA) is 110 Å². The predicted octanol–water partition coefficient (Wildman–Crippen LogP) is 1.18. The van der Waals surface area contributed by atoms with Gasteiger partial charge in [-0.3, -0.25) is 0 Å². The zero-order chi connectivity index (χ0) is 14.5. The number of urea groups is 1. The molecule has 20 heavy (non-hydrogen) atoms. The van der Waals surface area contributed by atoms with E-state index in [0.717, 1.165) is 5.69 Å². The second kappa shape index (κ2) is 5.70. The first-order valence-electron chi connectivity index (χ1n) is 5.67. The van der Waals surface area contributed by atoms with Crippen LogP contribution in [0.25, 0.3) is 5.69 Å². The monoisotopic (exact) mass is 272 g/mol. The van der Waals surface area contributed by atoms with Crippen molar-refractivity contribution in [2.45, 2.75) is 0 Å². The van der Waals surface area contributed by atoms with Crippen LogP contribution in [0.1, 0.15) is 16.1 Å². The lowest BCUT2D eigenvalue weighted by Crippen LogP contribution is -2.24. The maximum Gasteiger partial charge on any atom is 0.335 e. The van der Waals surface area contributed by atoms with Crippen LogP contribution in [-0.4, -0.2) is 27.9 Å². The molecule has 7 heteroatoms. The molecule has 2 aromatic rings. The summed E-state index contributed by atoms with van der Waals surface area (Å²) < 4.78 is 1.79. The Morgan fingerprint density at radius 2 is 1.95 bits per heavy atom. The molecule has 102 valence electrons. The van der Waals surface area contributed by atoms with Gasteiger partial charge in [-0.2, -0.15) is 5.10 Å². The lowest BCUT2D eigenvalue weighted by Gasteiger charge is -2.06. The standard InChI is InChI=1S/C13H12N4O3/c14-13(20)16-15-8-11-2-1-7-17(11)10-5-3-9(4-6-10)12(18)19/h1-8H,(H,18,19)(H3,14,16,20). The van der Waals surface area contributed by atoms with Crippen molar-refractivity contribution in [2.24, 2.45) is 10.8 Å². The number of nitrogens with two attached hydrogens (primary N) is 1. The fraction of sp³-hybridized carbons (Fsp3) is 0. The van der Waals surface area contributed by atoms with Gasteiger partial charge in [0.1, 0.15) is 0 Å². The number of hydrogen-bond acceptors (Lipinski definition) is 3. The van der Waals surface area contributed by atoms with Gasteiger partial charge in [0.2, 0.25) is 0 Å². The van der Waals surface area contributed by atoms with E-state index in [1.807, 2.05) is 0 Å². The summed E-state index contributed by atoms with van der Waals surface area (Å²) in [7, 11) is 0. The van der Waals surface area contributed by atoms with Gasteiger partial charge >= 0.3 is 12.0 Å². The van der Waals surface area contributed by atoms with E-state index in [1.54, 1.807) is 35.0 Å². The molecule has 7 nitrogen and oxygen atoms in total. The van der Waals surface area contributed by atoms with Crippen molar-refractivity contribution < 1.29 is 14.7 Å². The summed E-state index contributed by atoms with van der Waals surface area (Å²) in [5.74, 6) is -0.975. The zero-order valence-corrected chi connectivity index (χ0v) is 10.4. The normalized spacial score (nSPS) is 10.6. The van der Waals surface area contributed by atoms with Gasteiger partial charge in [-0.15, -0.1) is 0 Å². The van der Waals surface area contributed by atoms with Gasteiger partial charge < -0.3 is 15.4 Å². The summed E-state index contributed by atoms with van der Waals surface area (Å²) in [6, 6.07) is 9.24. The van der Waals surface area contributed by atoms with Gasteiger partial charge in [-0.25, -0.2) is 15.0 Å². The van der Waals surface area contributed by atoms with Gasteiger partial charge in [0.25, 0.3) is 0 Å². The minimum absolute atomic E-state index is 0.214. The molecule has 0 aliphatic heterocycles. The summed E-state index contributed by atoms with van der Waals surface area (Å²) in [5, 5.41) is 12.5. The number of aromatic nitrogens is 1. The van der Waals surface area contributed by atoms with Crippen LogP contribution in [0.5, 0.6) is 0 Å². The molecule has 0 fully saturated rings. The second-order valence-electron chi connectivity index (χ2n) is 3.89. The molecule has 0 atom stereocenters. The van der Waals surface area contributed by atoms with Crippen molar-refractivity contribution in [1.29, 1.82) is 0 Å². The molecule has 0 radical (unpaired) electrons. The number of carboxylic acids is 1. The molecule has 1 heterocycles. The molecule has 0 bridgehead atoms. The average molecular weight is 272 g/mol. The Kier molecular flexibility index (Phi) is 3.80. The van der Waals surface area contributed by atoms with E-state index >= 15 is 0 Å². The third-order valence-corrected chi connectivity index (χ3v) is 2.54. The number of nitrogens with one attached hydrogen (secondary N) is 1. The molecular weight excluding hydrogens is 260 g/mol. The van der Waals surface area contributed by atoms with E-state index in [2.05, 4.69) is 10.5 Å². The number of carbonyl (C=O) groups excluding carboxylic acids is 1. The zero-order valence-electron chi connectivity index (χ0n) is 10.4. The number of hydrazone groups is 1. The molecule has 0 spiro atoms. The van der Waals surface area contributed by atoms with Crippen LogP contribution in [0.2, 0.25) is 0 Å². The third-order valence-electron chi connectivity index (χ3n) is 2.54. The lowest BCUT2D eigenvalue weighted by atomic mass is 10.2. The van der Waals surface area contributed by atoms with Crippen LogP contribution < -0.4 is 11.2 Å². The van der Waals surface area contributed by atoms with Gasteiger partial charge in [-0.05, 0) is 36.4 Å². The van der Waals surface area contributed by atoms with Crippen molar-refractivity contribution >= 4 is 18.2 Å². The summed E-state index contributed by atoms with van der Waals surface area (Å²) in [6.45, 7) is 0. The first-order chi connectivity index (χ1) is 9.58. The molecule has 1 aromatic carbocycles. The number of carbonyl (C=O) groups is 2. The highest BCUT2D eigenvalue weighted by atomic mass is 16.4. The Hall–Kier alpha value is -3.09. The Morgan fingerprint density at radius 1 is 1.25 bits per heavy atom. The number of hydrogen-bond donors (Lipinski definition) is 3. The minimum atomic E-state index is -0.975. The average Bonchev–Trinajstić information content (AvgIpc) is 2.87. The number of nitrogens with zero attached hydrogens (tertiary/aromatic N) is 2. The molecule has 0 aliphatic rings. The number of primary amides is 1. The number of benzene rings is 1. The highest BCUT2D eigenvalue weighted by Gasteiger charge is 2.04. The number of amides is 2. The quantitative estimate of drug-likeness (QED) is 0.574. The summed E-state index contributed by atoms with van der Waals surface area (Å²) in [6.07, 6.45) is 3.23. The van der Waals surface area contributed by atoms with E-state index < -0.39 is 12.0 Å². The fourth-order valence-electron chi connectivity index (χ4n) is 1.66. The second-order valence-corrected chi connectivity index (χ2v) is 3.89. The summed E-state index contributed by atoms with van der Waals surface area (Å²) >= 11 is 0. The van der Waals surface area contributed by atoms with E-state index in [4.69, 9.17) is 10.8 Å². The molecule has 0 unspecified atom stereocenters. The first kappa shape index (κ1) is 13.3. The van der Waals surface area contributed by atoms with E-state index in [0.29, 0.717) is 5.69 Å². The highest BCUT2D eigenvalue weighted by molar-refractivity contribution is 5.88. The van der Waals surface area contributed by atoms with Gasteiger partial charge in [0.15, 0.2) is 0 Å². The highest BCUT2D eigenvalue weighted by Crippen LogP contribution is 2.13. The Labute approximate surface area is 114 Å². The molecule has 0 aliphatic carbocycles. The molecule has 2 amide bonds. The Balaban J connectivity index is 2.25. The van der Waals surface area contributed by atoms with Crippen molar-refractivity contribution in [3.8, 4) is 5.69 Å². The Morgan fingerprint density at radius 3 is 2.55 bits per heavy atom. The van der Waals surface area contributed by atoms with E-state index in [9.17, 15) is 9.59 Å². The maximum atomic E-state index is 10.8. The minimum Gasteiger partial charge on any atom is -0.478 e. The molecular formula is C13H12N4O3. The summed E-state index contributed by atoms with van der Waals surface area (Å²) in [5.41, 5.74) is 8.71. The smallest absolute Gasteiger partial charge is 0.335 e. The third kappa shape index (κ3) is 3.02. The summed E-state index contributed by atoms with van der Waals surface area (Å²) in [4.78, 5) is 21.3. The predicted molar refractivity (Wildman–Crippen MR) is 73.0 cm³/mol. The van der Waals surface area contributed by atoms with Crippen molar-refractivity contribution in [1.82, 2.24) is 9.99 Å². The largest absolute Gasteiger partial charge is 0.478 e. The van der Waals surface area contributed by atoms with Gasteiger partial charge in [0, 0.05) is 11.9 Å². The van der Waals surface area contributed by atoms with Gasteiger partial charge in [-0.1, -0.05) is 0 Å². The van der Waals surface area contributed by atoms with Crippen LogP contribution >= 0.6 is 0 Å². The van der Waals surface area contributed by atoms with E-state index in [-0.39, 0.29) is 5.56 Å². The Bertz CT molecular complexity index is 659. The number of rotatable bonds is 4. The van der Waals surface area contributed by atoms with Crippen molar-refractivity contribution in [2.75, 3.05) is 0 Å². The van der Waals surface area contributed by atoms with Crippen LogP contribution in [0, 0.1) is 0 Å². The number of carboxylic acid groups (broad SMARTS) is 1. The van der Waals surface area contributed by atoms with Crippen molar-refractivity contribution in [3.63, 3.8) is 0 Å². The van der Waals surface area contributed by atoms with E-state index in [1.165, 1.54) is 18.3 Å². The molecule has 2 rings (SSSR count). The fourth-order valence-corrected chi connectivity index (χ4v) is 1.66. The molecule has 0 saturated carbocycles.